The summed E-state index contributed by atoms with van der Waals surface area (Å²) in [5, 5.41) is 12.7. The van der Waals surface area contributed by atoms with Crippen LogP contribution in [-0.4, -0.2) is 28.2 Å². The summed E-state index contributed by atoms with van der Waals surface area (Å²) >= 11 is 0. The molecule has 1 aliphatic rings. The van der Waals surface area contributed by atoms with Crippen molar-refractivity contribution in [2.24, 2.45) is 5.41 Å². The number of aromatic nitrogens is 2. The SMILES string of the molecule is Cc1nccnc1C(C)NCC1(CO)CC1. The molecule has 16 heavy (non-hydrogen) atoms. The van der Waals surface area contributed by atoms with Crippen molar-refractivity contribution in [3.63, 3.8) is 0 Å². The Labute approximate surface area is 96.1 Å². The fourth-order valence-electron chi connectivity index (χ4n) is 1.88. The van der Waals surface area contributed by atoms with Gasteiger partial charge < -0.3 is 10.4 Å². The monoisotopic (exact) mass is 221 g/mol. The lowest BCUT2D eigenvalue weighted by atomic mass is 10.1. The number of hydrogen-bond donors (Lipinski definition) is 2. The Kier molecular flexibility index (Phi) is 3.21. The van der Waals surface area contributed by atoms with Crippen LogP contribution in [0.4, 0.5) is 0 Å². The van der Waals surface area contributed by atoms with Gasteiger partial charge in [-0.05, 0) is 26.7 Å². The van der Waals surface area contributed by atoms with Crippen molar-refractivity contribution in [1.82, 2.24) is 15.3 Å². The Bertz CT molecular complexity index is 363. The Morgan fingerprint density at radius 2 is 2.12 bits per heavy atom. The van der Waals surface area contributed by atoms with E-state index < -0.39 is 0 Å². The first-order valence-corrected chi connectivity index (χ1v) is 5.79. The third-order valence-electron chi connectivity index (χ3n) is 3.41. The second kappa shape index (κ2) is 4.47. The largest absolute Gasteiger partial charge is 0.396 e. The summed E-state index contributed by atoms with van der Waals surface area (Å²) in [5.74, 6) is 0. The predicted molar refractivity (Wildman–Crippen MR) is 61.9 cm³/mol. The van der Waals surface area contributed by atoms with Crippen LogP contribution in [0, 0.1) is 12.3 Å². The van der Waals surface area contributed by atoms with Gasteiger partial charge in [0.2, 0.25) is 0 Å². The van der Waals surface area contributed by atoms with Crippen molar-refractivity contribution in [1.29, 1.82) is 0 Å². The van der Waals surface area contributed by atoms with E-state index in [1.165, 1.54) is 0 Å². The minimum absolute atomic E-state index is 0.143. The van der Waals surface area contributed by atoms with E-state index in [9.17, 15) is 5.11 Å². The molecule has 1 unspecified atom stereocenters. The van der Waals surface area contributed by atoms with E-state index in [0.29, 0.717) is 0 Å². The molecular formula is C12H19N3O. The van der Waals surface area contributed by atoms with Crippen LogP contribution in [0.3, 0.4) is 0 Å². The Morgan fingerprint density at radius 1 is 1.44 bits per heavy atom. The quantitative estimate of drug-likeness (QED) is 0.784. The van der Waals surface area contributed by atoms with Crippen LogP contribution in [0.2, 0.25) is 0 Å². The molecule has 1 atom stereocenters. The number of hydrogen-bond acceptors (Lipinski definition) is 4. The van der Waals surface area contributed by atoms with Gasteiger partial charge in [0.1, 0.15) is 0 Å². The molecule has 2 N–H and O–H groups in total. The standard InChI is InChI=1S/C12H19N3O/c1-9-11(14-6-5-13-9)10(2)15-7-12(8-16)3-4-12/h5-6,10,15-16H,3-4,7-8H2,1-2H3. The van der Waals surface area contributed by atoms with Crippen LogP contribution < -0.4 is 5.32 Å². The number of aliphatic hydroxyl groups excluding tert-OH is 1. The Hall–Kier alpha value is -1.00. The lowest BCUT2D eigenvalue weighted by Gasteiger charge is -2.18. The smallest absolute Gasteiger partial charge is 0.0782 e. The molecule has 1 fully saturated rings. The van der Waals surface area contributed by atoms with Gasteiger partial charge in [0.15, 0.2) is 0 Å². The minimum atomic E-state index is 0.143. The molecule has 4 heteroatoms. The van der Waals surface area contributed by atoms with Crippen molar-refractivity contribution in [2.45, 2.75) is 32.7 Å². The second-order valence-electron chi connectivity index (χ2n) is 4.79. The molecule has 88 valence electrons. The van der Waals surface area contributed by atoms with Gasteiger partial charge in [0.05, 0.1) is 11.4 Å². The molecule has 1 saturated carbocycles. The molecule has 0 radical (unpaired) electrons. The predicted octanol–water partition coefficient (Wildman–Crippen LogP) is 1.21. The van der Waals surface area contributed by atoms with Gasteiger partial charge in [-0.15, -0.1) is 0 Å². The Balaban J connectivity index is 1.93. The number of aliphatic hydroxyl groups is 1. The van der Waals surface area contributed by atoms with Crippen molar-refractivity contribution in [3.05, 3.63) is 23.8 Å². The zero-order valence-electron chi connectivity index (χ0n) is 9.90. The van der Waals surface area contributed by atoms with E-state index in [1.54, 1.807) is 12.4 Å². The summed E-state index contributed by atoms with van der Waals surface area (Å²) in [6, 6.07) is 0.192. The van der Waals surface area contributed by atoms with Crippen molar-refractivity contribution in [2.75, 3.05) is 13.2 Å². The first-order valence-electron chi connectivity index (χ1n) is 5.79. The number of nitrogens with one attached hydrogen (secondary N) is 1. The van der Waals surface area contributed by atoms with Gasteiger partial charge in [-0.1, -0.05) is 0 Å². The minimum Gasteiger partial charge on any atom is -0.396 e. The summed E-state index contributed by atoms with van der Waals surface area (Å²) < 4.78 is 0. The van der Waals surface area contributed by atoms with Crippen LogP contribution in [0.1, 0.15) is 37.2 Å². The molecule has 4 nitrogen and oxygen atoms in total. The molecule has 0 amide bonds. The van der Waals surface area contributed by atoms with E-state index in [1.807, 2.05) is 6.92 Å². The molecule has 0 bridgehead atoms. The molecule has 1 aliphatic carbocycles. The van der Waals surface area contributed by atoms with Gasteiger partial charge in [0, 0.05) is 37.0 Å². The molecule has 1 heterocycles. The maximum absolute atomic E-state index is 9.23. The molecule has 1 aromatic heterocycles. The normalized spacial score (nSPS) is 19.4. The van der Waals surface area contributed by atoms with E-state index in [4.69, 9.17) is 0 Å². The maximum Gasteiger partial charge on any atom is 0.0782 e. The molecule has 1 aromatic rings. The topological polar surface area (TPSA) is 58.0 Å². The van der Waals surface area contributed by atoms with E-state index in [0.717, 1.165) is 30.8 Å². The molecule has 0 aliphatic heterocycles. The first kappa shape index (κ1) is 11.5. The third kappa shape index (κ3) is 2.39. The summed E-state index contributed by atoms with van der Waals surface area (Å²) in [5.41, 5.74) is 2.11. The fraction of sp³-hybridized carbons (Fsp3) is 0.667. The zero-order valence-corrected chi connectivity index (χ0v) is 9.90. The van der Waals surface area contributed by atoms with Gasteiger partial charge in [-0.3, -0.25) is 9.97 Å². The highest BCUT2D eigenvalue weighted by Gasteiger charge is 2.41. The van der Waals surface area contributed by atoms with E-state index in [2.05, 4.69) is 22.2 Å². The molecular weight excluding hydrogens is 202 g/mol. The molecule has 0 aromatic carbocycles. The maximum atomic E-state index is 9.23. The second-order valence-corrected chi connectivity index (χ2v) is 4.79. The molecule has 0 saturated heterocycles. The van der Waals surface area contributed by atoms with Gasteiger partial charge in [-0.25, -0.2) is 0 Å². The highest BCUT2D eigenvalue weighted by atomic mass is 16.3. The average molecular weight is 221 g/mol. The zero-order chi connectivity index (χ0) is 11.6. The molecule has 0 spiro atoms. The lowest BCUT2D eigenvalue weighted by Crippen LogP contribution is -2.29. The van der Waals surface area contributed by atoms with Crippen molar-refractivity contribution in [3.8, 4) is 0 Å². The van der Waals surface area contributed by atoms with Crippen LogP contribution in [0.15, 0.2) is 12.4 Å². The van der Waals surface area contributed by atoms with Crippen molar-refractivity contribution >= 4 is 0 Å². The van der Waals surface area contributed by atoms with Crippen molar-refractivity contribution < 1.29 is 5.11 Å². The van der Waals surface area contributed by atoms with E-state index >= 15 is 0 Å². The van der Waals surface area contributed by atoms with Crippen LogP contribution >= 0.6 is 0 Å². The summed E-state index contributed by atoms with van der Waals surface area (Å²) in [6.07, 6.45) is 5.69. The third-order valence-corrected chi connectivity index (χ3v) is 3.41. The van der Waals surface area contributed by atoms with Gasteiger partial charge in [0.25, 0.3) is 0 Å². The molecule has 2 rings (SSSR count). The van der Waals surface area contributed by atoms with Crippen LogP contribution in [-0.2, 0) is 0 Å². The highest BCUT2D eigenvalue weighted by Crippen LogP contribution is 2.44. The summed E-state index contributed by atoms with van der Waals surface area (Å²) in [7, 11) is 0. The van der Waals surface area contributed by atoms with Gasteiger partial charge >= 0.3 is 0 Å². The lowest BCUT2D eigenvalue weighted by molar-refractivity contribution is 0.204. The number of rotatable bonds is 5. The highest BCUT2D eigenvalue weighted by molar-refractivity contribution is 5.12. The number of aryl methyl sites for hydroxylation is 1. The first-order chi connectivity index (χ1) is 7.67. The van der Waals surface area contributed by atoms with Crippen LogP contribution in [0.25, 0.3) is 0 Å². The number of nitrogens with zero attached hydrogens (tertiary/aromatic N) is 2. The van der Waals surface area contributed by atoms with Gasteiger partial charge in [-0.2, -0.15) is 0 Å². The average Bonchev–Trinajstić information content (AvgIpc) is 3.07. The summed E-state index contributed by atoms with van der Waals surface area (Å²) in [6.45, 7) is 5.21. The summed E-state index contributed by atoms with van der Waals surface area (Å²) in [4.78, 5) is 8.57. The van der Waals surface area contributed by atoms with E-state index in [-0.39, 0.29) is 18.1 Å². The Morgan fingerprint density at radius 3 is 2.69 bits per heavy atom. The fourth-order valence-corrected chi connectivity index (χ4v) is 1.88. The van der Waals surface area contributed by atoms with Crippen LogP contribution in [0.5, 0.6) is 0 Å².